The van der Waals surface area contributed by atoms with E-state index < -0.39 is 6.04 Å². The van der Waals surface area contributed by atoms with Crippen LogP contribution in [0.2, 0.25) is 5.02 Å². The molecule has 2 aromatic carbocycles. The largest absolute Gasteiger partial charge is 0.468 e. The molecule has 1 aliphatic heterocycles. The van der Waals surface area contributed by atoms with Crippen LogP contribution in [-0.2, 0) is 20.8 Å². The lowest BCUT2D eigenvalue weighted by Gasteiger charge is -2.38. The maximum absolute atomic E-state index is 12.3. The molecule has 0 amide bonds. The number of ether oxygens (including phenoxy) is 1. The van der Waals surface area contributed by atoms with Gasteiger partial charge in [0.05, 0.1) is 12.8 Å². The molecule has 28 heavy (non-hydrogen) atoms. The Kier molecular flexibility index (Phi) is 6.67. The number of hydrogen-bond donors (Lipinski definition) is 0. The third-order valence-corrected chi connectivity index (χ3v) is 4.98. The van der Waals surface area contributed by atoms with Gasteiger partial charge in [-0.05, 0) is 30.7 Å². The van der Waals surface area contributed by atoms with E-state index in [1.54, 1.807) is 23.3 Å². The summed E-state index contributed by atoms with van der Waals surface area (Å²) in [5.74, 6) is -0.380. The standard InChI is InChI=1S/C21H23ClN2O4/c1-15(25)18-9-8-17(22)13-19(18)23-10-11-24(28-14-23)20(21(26)27-2)12-16-6-4-3-5-7-16/h3-9,13,20H,10-12,14H2,1-2H3. The summed E-state index contributed by atoms with van der Waals surface area (Å²) in [5.41, 5.74) is 2.35. The van der Waals surface area contributed by atoms with Crippen molar-refractivity contribution in [1.29, 1.82) is 0 Å². The highest BCUT2D eigenvalue weighted by Gasteiger charge is 2.32. The second-order valence-corrected chi connectivity index (χ2v) is 7.05. The number of ketones is 1. The van der Waals surface area contributed by atoms with Crippen LogP contribution in [0.15, 0.2) is 48.5 Å². The molecule has 1 atom stereocenters. The predicted octanol–water partition coefficient (Wildman–Crippen LogP) is 3.34. The smallest absolute Gasteiger partial charge is 0.325 e. The Morgan fingerprint density at radius 2 is 1.93 bits per heavy atom. The van der Waals surface area contributed by atoms with E-state index in [1.807, 2.05) is 35.2 Å². The number of hydroxylamine groups is 2. The van der Waals surface area contributed by atoms with Gasteiger partial charge in [-0.3, -0.25) is 14.4 Å². The summed E-state index contributed by atoms with van der Waals surface area (Å²) in [5, 5.41) is 2.21. The molecular formula is C21H23ClN2O4. The molecule has 3 rings (SSSR count). The number of halogens is 1. The Morgan fingerprint density at radius 3 is 2.54 bits per heavy atom. The van der Waals surface area contributed by atoms with Crippen LogP contribution in [0.25, 0.3) is 0 Å². The van der Waals surface area contributed by atoms with Crippen molar-refractivity contribution in [2.45, 2.75) is 19.4 Å². The second-order valence-electron chi connectivity index (χ2n) is 6.61. The number of anilines is 1. The molecule has 7 heteroatoms. The monoisotopic (exact) mass is 402 g/mol. The zero-order valence-electron chi connectivity index (χ0n) is 15.9. The number of rotatable bonds is 6. The number of Topliss-reactive ketones (excluding diaryl/α,β-unsaturated/α-hetero) is 1. The summed E-state index contributed by atoms with van der Waals surface area (Å²) < 4.78 is 4.98. The van der Waals surface area contributed by atoms with Crippen LogP contribution in [-0.4, -0.2) is 49.8 Å². The van der Waals surface area contributed by atoms with Gasteiger partial charge in [0.2, 0.25) is 0 Å². The zero-order chi connectivity index (χ0) is 20.1. The summed E-state index contributed by atoms with van der Waals surface area (Å²) in [7, 11) is 1.38. The molecule has 1 saturated heterocycles. The van der Waals surface area contributed by atoms with Crippen LogP contribution in [0.3, 0.4) is 0 Å². The molecule has 0 bridgehead atoms. The lowest BCUT2D eigenvalue weighted by atomic mass is 10.1. The first-order valence-corrected chi connectivity index (χ1v) is 9.44. The third-order valence-electron chi connectivity index (χ3n) is 4.74. The SMILES string of the molecule is COC(=O)C(Cc1ccccc1)N1CCN(c2cc(Cl)ccc2C(C)=O)CO1. The second kappa shape index (κ2) is 9.19. The van der Waals surface area contributed by atoms with E-state index in [4.69, 9.17) is 21.2 Å². The number of carbonyl (C=O) groups excluding carboxylic acids is 2. The van der Waals surface area contributed by atoms with Gasteiger partial charge < -0.3 is 9.64 Å². The van der Waals surface area contributed by atoms with E-state index in [-0.39, 0.29) is 18.5 Å². The summed E-state index contributed by atoms with van der Waals surface area (Å²) >= 11 is 6.12. The normalized spacial score (nSPS) is 15.9. The average molecular weight is 403 g/mol. The summed E-state index contributed by atoms with van der Waals surface area (Å²) in [6, 6.07) is 14.4. The molecular weight excluding hydrogens is 380 g/mol. The molecule has 0 N–H and O–H groups in total. The van der Waals surface area contributed by atoms with E-state index in [0.29, 0.717) is 30.1 Å². The molecule has 148 valence electrons. The van der Waals surface area contributed by atoms with Crippen molar-refractivity contribution in [2.24, 2.45) is 0 Å². The zero-order valence-corrected chi connectivity index (χ0v) is 16.7. The fourth-order valence-corrected chi connectivity index (χ4v) is 3.43. The van der Waals surface area contributed by atoms with Gasteiger partial charge in [0.15, 0.2) is 5.78 Å². The van der Waals surface area contributed by atoms with Gasteiger partial charge in [0.1, 0.15) is 12.8 Å². The van der Waals surface area contributed by atoms with E-state index in [0.717, 1.165) is 11.3 Å². The summed E-state index contributed by atoms with van der Waals surface area (Å²) in [4.78, 5) is 32.1. The lowest BCUT2D eigenvalue weighted by molar-refractivity contribution is -0.210. The third kappa shape index (κ3) is 4.70. The number of nitrogens with zero attached hydrogens (tertiary/aromatic N) is 2. The summed E-state index contributed by atoms with van der Waals surface area (Å²) in [6.45, 7) is 2.80. The van der Waals surface area contributed by atoms with Crippen LogP contribution in [0.4, 0.5) is 5.69 Å². The average Bonchev–Trinajstić information content (AvgIpc) is 2.72. The van der Waals surface area contributed by atoms with Crippen LogP contribution in [0.5, 0.6) is 0 Å². The van der Waals surface area contributed by atoms with Crippen molar-refractivity contribution < 1.29 is 19.2 Å². The Balaban J connectivity index is 1.73. The highest BCUT2D eigenvalue weighted by Crippen LogP contribution is 2.27. The fraction of sp³-hybridized carbons (Fsp3) is 0.333. The first kappa shape index (κ1) is 20.3. The Morgan fingerprint density at radius 1 is 1.18 bits per heavy atom. The Labute approximate surface area is 169 Å². The van der Waals surface area contributed by atoms with Gasteiger partial charge in [-0.15, -0.1) is 0 Å². The first-order chi connectivity index (χ1) is 13.5. The van der Waals surface area contributed by atoms with Crippen LogP contribution >= 0.6 is 11.6 Å². The Hall–Kier alpha value is -2.41. The number of benzene rings is 2. The van der Waals surface area contributed by atoms with Gasteiger partial charge in [0.25, 0.3) is 0 Å². The molecule has 0 spiro atoms. The number of esters is 1. The highest BCUT2D eigenvalue weighted by atomic mass is 35.5. The highest BCUT2D eigenvalue weighted by molar-refractivity contribution is 6.31. The maximum Gasteiger partial charge on any atom is 0.325 e. The topological polar surface area (TPSA) is 59.1 Å². The van der Waals surface area contributed by atoms with Crippen molar-refractivity contribution in [2.75, 3.05) is 31.8 Å². The molecule has 0 aliphatic carbocycles. The molecule has 6 nitrogen and oxygen atoms in total. The fourth-order valence-electron chi connectivity index (χ4n) is 3.27. The van der Waals surface area contributed by atoms with Crippen molar-refractivity contribution in [1.82, 2.24) is 5.06 Å². The number of carbonyl (C=O) groups is 2. The minimum Gasteiger partial charge on any atom is -0.468 e. The van der Waals surface area contributed by atoms with E-state index in [9.17, 15) is 9.59 Å². The summed E-state index contributed by atoms with van der Waals surface area (Å²) in [6.07, 6.45) is 0.489. The molecule has 1 aliphatic rings. The van der Waals surface area contributed by atoms with E-state index >= 15 is 0 Å². The maximum atomic E-state index is 12.3. The van der Waals surface area contributed by atoms with E-state index in [2.05, 4.69) is 0 Å². The van der Waals surface area contributed by atoms with Gasteiger partial charge in [-0.25, -0.2) is 0 Å². The van der Waals surface area contributed by atoms with Gasteiger partial charge in [0, 0.05) is 30.1 Å². The number of methoxy groups -OCH3 is 1. The van der Waals surface area contributed by atoms with Crippen molar-refractivity contribution in [3.05, 3.63) is 64.7 Å². The predicted molar refractivity (Wildman–Crippen MR) is 107 cm³/mol. The first-order valence-electron chi connectivity index (χ1n) is 9.06. The van der Waals surface area contributed by atoms with Gasteiger partial charge in [-0.1, -0.05) is 41.9 Å². The molecule has 0 saturated carbocycles. The lowest BCUT2D eigenvalue weighted by Crippen LogP contribution is -2.52. The molecule has 2 aromatic rings. The van der Waals surface area contributed by atoms with Crippen molar-refractivity contribution in [3.63, 3.8) is 0 Å². The van der Waals surface area contributed by atoms with E-state index in [1.165, 1.54) is 14.0 Å². The minimum atomic E-state index is -0.541. The molecule has 1 unspecified atom stereocenters. The van der Waals surface area contributed by atoms with Crippen molar-refractivity contribution in [3.8, 4) is 0 Å². The van der Waals surface area contributed by atoms with Gasteiger partial charge >= 0.3 is 5.97 Å². The molecule has 0 radical (unpaired) electrons. The number of hydrogen-bond acceptors (Lipinski definition) is 6. The minimum absolute atomic E-state index is 0.0365. The van der Waals surface area contributed by atoms with Crippen LogP contribution < -0.4 is 4.90 Å². The van der Waals surface area contributed by atoms with Crippen LogP contribution in [0, 0.1) is 0 Å². The Bertz CT molecular complexity index is 836. The van der Waals surface area contributed by atoms with Gasteiger partial charge in [-0.2, -0.15) is 5.06 Å². The quantitative estimate of drug-likeness (QED) is 0.545. The molecule has 1 fully saturated rings. The molecule has 1 heterocycles. The van der Waals surface area contributed by atoms with Crippen LogP contribution in [0.1, 0.15) is 22.8 Å². The molecule has 0 aromatic heterocycles. The van der Waals surface area contributed by atoms with Crippen molar-refractivity contribution >= 4 is 29.0 Å².